The third-order valence-electron chi connectivity index (χ3n) is 3.95. The van der Waals surface area contributed by atoms with Gasteiger partial charge in [-0.25, -0.2) is 0 Å². The first-order valence-electron chi connectivity index (χ1n) is 6.80. The van der Waals surface area contributed by atoms with Crippen LogP contribution in [0.4, 0.5) is 0 Å². The first kappa shape index (κ1) is 15.0. The number of aliphatic carboxylic acids is 1. The van der Waals surface area contributed by atoms with E-state index in [9.17, 15) is 9.59 Å². The van der Waals surface area contributed by atoms with Gasteiger partial charge in [0.2, 0.25) is 5.91 Å². The molecule has 0 heterocycles. The van der Waals surface area contributed by atoms with Crippen molar-refractivity contribution in [3.05, 3.63) is 0 Å². The van der Waals surface area contributed by atoms with Gasteiger partial charge in [-0.3, -0.25) is 9.59 Å². The number of hydrogen-bond acceptors (Lipinski definition) is 2. The molecule has 1 saturated carbocycles. The van der Waals surface area contributed by atoms with Crippen molar-refractivity contribution in [1.82, 2.24) is 4.90 Å². The van der Waals surface area contributed by atoms with Crippen molar-refractivity contribution in [3.8, 4) is 0 Å². The van der Waals surface area contributed by atoms with Crippen LogP contribution in [0, 0.1) is 17.3 Å². The second-order valence-electron chi connectivity index (χ2n) is 6.09. The summed E-state index contributed by atoms with van der Waals surface area (Å²) in [4.78, 5) is 24.7. The summed E-state index contributed by atoms with van der Waals surface area (Å²) < 4.78 is 0. The first-order chi connectivity index (χ1) is 8.30. The van der Waals surface area contributed by atoms with Crippen molar-refractivity contribution in [1.29, 1.82) is 0 Å². The highest BCUT2D eigenvalue weighted by atomic mass is 16.4. The van der Waals surface area contributed by atoms with E-state index in [4.69, 9.17) is 5.11 Å². The topological polar surface area (TPSA) is 57.6 Å². The van der Waals surface area contributed by atoms with E-state index >= 15 is 0 Å². The van der Waals surface area contributed by atoms with Gasteiger partial charge in [0, 0.05) is 19.0 Å². The molecule has 1 aliphatic carbocycles. The van der Waals surface area contributed by atoms with Crippen LogP contribution >= 0.6 is 0 Å². The van der Waals surface area contributed by atoms with E-state index in [1.165, 1.54) is 0 Å². The summed E-state index contributed by atoms with van der Waals surface area (Å²) in [5, 5.41) is 8.74. The van der Waals surface area contributed by atoms with Crippen molar-refractivity contribution < 1.29 is 14.7 Å². The van der Waals surface area contributed by atoms with E-state index in [-0.39, 0.29) is 23.7 Å². The summed E-state index contributed by atoms with van der Waals surface area (Å²) in [6, 6.07) is 0. The van der Waals surface area contributed by atoms with Gasteiger partial charge in [0.25, 0.3) is 0 Å². The molecule has 1 amide bonds. The van der Waals surface area contributed by atoms with E-state index in [0.717, 1.165) is 12.8 Å². The third kappa shape index (κ3) is 3.72. The molecular weight excluding hydrogens is 230 g/mol. The van der Waals surface area contributed by atoms with Gasteiger partial charge < -0.3 is 10.0 Å². The monoisotopic (exact) mass is 255 g/mol. The van der Waals surface area contributed by atoms with Gasteiger partial charge >= 0.3 is 5.97 Å². The highest BCUT2D eigenvalue weighted by Gasteiger charge is 2.54. The maximum absolute atomic E-state index is 12.4. The largest absolute Gasteiger partial charge is 0.481 e. The van der Waals surface area contributed by atoms with Crippen molar-refractivity contribution >= 4 is 11.9 Å². The van der Waals surface area contributed by atoms with Crippen LogP contribution in [0.2, 0.25) is 0 Å². The standard InChI is InChI=1S/C14H25NO3/c1-5-14(4)8-11(14)13(18)15(9-10(2)3)7-6-12(16)17/h10-11H,5-9H2,1-4H3,(H,16,17). The zero-order valence-electron chi connectivity index (χ0n) is 11.9. The van der Waals surface area contributed by atoms with Crippen LogP contribution in [-0.2, 0) is 9.59 Å². The van der Waals surface area contributed by atoms with Gasteiger partial charge in [-0.2, -0.15) is 0 Å². The summed E-state index contributed by atoms with van der Waals surface area (Å²) in [5.41, 5.74) is 0.148. The third-order valence-corrected chi connectivity index (χ3v) is 3.95. The molecule has 2 atom stereocenters. The molecule has 4 heteroatoms. The van der Waals surface area contributed by atoms with Gasteiger partial charge in [0.15, 0.2) is 0 Å². The Kier molecular flexibility index (Phi) is 4.77. The summed E-state index contributed by atoms with van der Waals surface area (Å²) in [5.74, 6) is -0.218. The molecule has 1 fully saturated rings. The number of carboxylic acid groups (broad SMARTS) is 1. The minimum Gasteiger partial charge on any atom is -0.481 e. The normalized spacial score (nSPS) is 26.2. The molecule has 1 aliphatic rings. The Morgan fingerprint density at radius 1 is 1.44 bits per heavy atom. The summed E-state index contributed by atoms with van der Waals surface area (Å²) in [7, 11) is 0. The first-order valence-corrected chi connectivity index (χ1v) is 6.80. The molecule has 1 rings (SSSR count). The Bertz CT molecular complexity index is 327. The fourth-order valence-electron chi connectivity index (χ4n) is 2.37. The molecule has 18 heavy (non-hydrogen) atoms. The molecule has 0 spiro atoms. The number of carbonyl (C=O) groups is 2. The van der Waals surface area contributed by atoms with Crippen LogP contribution < -0.4 is 0 Å². The molecule has 2 unspecified atom stereocenters. The predicted octanol–water partition coefficient (Wildman–Crippen LogP) is 2.38. The lowest BCUT2D eigenvalue weighted by atomic mass is 10.0. The van der Waals surface area contributed by atoms with E-state index < -0.39 is 5.97 Å². The van der Waals surface area contributed by atoms with Crippen LogP contribution in [0.15, 0.2) is 0 Å². The van der Waals surface area contributed by atoms with Gasteiger partial charge in [-0.05, 0) is 24.2 Å². The van der Waals surface area contributed by atoms with Gasteiger partial charge in [0.1, 0.15) is 0 Å². The minimum absolute atomic E-state index is 0.0357. The van der Waals surface area contributed by atoms with Crippen molar-refractivity contribution in [2.75, 3.05) is 13.1 Å². The van der Waals surface area contributed by atoms with E-state index in [1.807, 2.05) is 13.8 Å². The molecule has 1 N–H and O–H groups in total. The Labute approximate surface area is 109 Å². The zero-order valence-corrected chi connectivity index (χ0v) is 11.9. The average Bonchev–Trinajstić information content (AvgIpc) is 2.96. The lowest BCUT2D eigenvalue weighted by Gasteiger charge is -2.25. The van der Waals surface area contributed by atoms with E-state index in [0.29, 0.717) is 19.0 Å². The number of amides is 1. The Balaban J connectivity index is 2.59. The molecule has 0 bridgehead atoms. The Hall–Kier alpha value is -1.06. The zero-order chi connectivity index (χ0) is 13.9. The molecule has 4 nitrogen and oxygen atoms in total. The van der Waals surface area contributed by atoms with Gasteiger partial charge in [-0.1, -0.05) is 27.7 Å². The minimum atomic E-state index is -0.842. The smallest absolute Gasteiger partial charge is 0.305 e. The van der Waals surface area contributed by atoms with Crippen LogP contribution in [0.3, 0.4) is 0 Å². The summed E-state index contributed by atoms with van der Waals surface area (Å²) >= 11 is 0. The van der Waals surface area contributed by atoms with E-state index in [1.54, 1.807) is 4.90 Å². The number of carbonyl (C=O) groups excluding carboxylic acids is 1. The van der Waals surface area contributed by atoms with Gasteiger partial charge in [-0.15, -0.1) is 0 Å². The van der Waals surface area contributed by atoms with Crippen LogP contribution in [-0.4, -0.2) is 35.0 Å². The number of nitrogens with zero attached hydrogens (tertiary/aromatic N) is 1. The molecule has 0 aromatic heterocycles. The lowest BCUT2D eigenvalue weighted by Crippen LogP contribution is -2.37. The number of carboxylic acids is 1. The fourth-order valence-corrected chi connectivity index (χ4v) is 2.37. The molecule has 0 aliphatic heterocycles. The Morgan fingerprint density at radius 2 is 2.06 bits per heavy atom. The number of hydrogen-bond donors (Lipinski definition) is 1. The molecule has 0 saturated heterocycles. The fraction of sp³-hybridized carbons (Fsp3) is 0.857. The van der Waals surface area contributed by atoms with Crippen LogP contribution in [0.5, 0.6) is 0 Å². The maximum Gasteiger partial charge on any atom is 0.305 e. The molecular formula is C14H25NO3. The molecule has 0 radical (unpaired) electrons. The van der Waals surface area contributed by atoms with Gasteiger partial charge in [0.05, 0.1) is 6.42 Å². The number of rotatable bonds is 7. The van der Waals surface area contributed by atoms with E-state index in [2.05, 4.69) is 13.8 Å². The highest BCUT2D eigenvalue weighted by molar-refractivity contribution is 5.83. The van der Waals surface area contributed by atoms with Crippen molar-refractivity contribution in [2.45, 2.75) is 47.0 Å². The second kappa shape index (κ2) is 5.72. The van der Waals surface area contributed by atoms with Crippen LogP contribution in [0.25, 0.3) is 0 Å². The van der Waals surface area contributed by atoms with Crippen LogP contribution in [0.1, 0.15) is 47.0 Å². The molecule has 0 aromatic carbocycles. The average molecular weight is 255 g/mol. The summed E-state index contributed by atoms with van der Waals surface area (Å²) in [6.45, 7) is 9.34. The lowest BCUT2D eigenvalue weighted by molar-refractivity contribution is -0.139. The predicted molar refractivity (Wildman–Crippen MR) is 70.2 cm³/mol. The maximum atomic E-state index is 12.4. The van der Waals surface area contributed by atoms with Crippen molar-refractivity contribution in [2.24, 2.45) is 17.3 Å². The highest BCUT2D eigenvalue weighted by Crippen LogP contribution is 2.55. The Morgan fingerprint density at radius 3 is 2.44 bits per heavy atom. The second-order valence-corrected chi connectivity index (χ2v) is 6.09. The summed E-state index contributed by atoms with van der Waals surface area (Å²) in [6.07, 6.45) is 2.00. The SMILES string of the molecule is CCC1(C)CC1C(=O)N(CCC(=O)O)CC(C)C. The van der Waals surface area contributed by atoms with Crippen molar-refractivity contribution in [3.63, 3.8) is 0 Å². The molecule has 0 aromatic rings. The quantitative estimate of drug-likeness (QED) is 0.760. The molecule has 104 valence electrons.